The quantitative estimate of drug-likeness (QED) is 0.218. The van der Waals surface area contributed by atoms with E-state index in [0.29, 0.717) is 44.4 Å². The maximum absolute atomic E-state index is 13.1. The number of aromatic nitrogens is 3. The van der Waals surface area contributed by atoms with Gasteiger partial charge in [-0.3, -0.25) is 4.31 Å². The van der Waals surface area contributed by atoms with E-state index in [0.717, 1.165) is 10.9 Å². The Kier molecular flexibility index (Phi) is 6.56. The third-order valence-electron chi connectivity index (χ3n) is 6.33. The standard InChI is InChI=1S/C28H24N4O6S2/c1-31(40(33,34)21-10-5-4-6-11-21)19-9-7-8-18(12-19)17-37-24-13-20(35-2)14-25-22(24)15-26(38-25)23-16-32-27(29-23)39-28(30-32)36-3/h4-16H,17H2,1-3H3. The molecule has 40 heavy (non-hydrogen) atoms. The number of rotatable bonds is 9. The highest BCUT2D eigenvalue weighted by atomic mass is 32.2. The molecule has 0 saturated carbocycles. The Morgan fingerprint density at radius 3 is 2.58 bits per heavy atom. The topological polar surface area (TPSA) is 108 Å². The van der Waals surface area contributed by atoms with E-state index in [1.807, 2.05) is 12.1 Å². The first-order valence-corrected chi connectivity index (χ1v) is 14.4. The number of hydrogen-bond acceptors (Lipinski definition) is 9. The lowest BCUT2D eigenvalue weighted by Gasteiger charge is -2.20. The molecule has 0 aliphatic rings. The van der Waals surface area contributed by atoms with Gasteiger partial charge in [-0.05, 0) is 47.2 Å². The molecule has 10 nitrogen and oxygen atoms in total. The van der Waals surface area contributed by atoms with E-state index in [1.165, 1.54) is 22.7 Å². The minimum atomic E-state index is -3.70. The van der Waals surface area contributed by atoms with Crippen LogP contribution in [0.5, 0.6) is 16.7 Å². The molecule has 0 bridgehead atoms. The predicted molar refractivity (Wildman–Crippen MR) is 152 cm³/mol. The molecule has 0 atom stereocenters. The summed E-state index contributed by atoms with van der Waals surface area (Å²) in [6, 6.07) is 21.0. The number of hydrogen-bond donors (Lipinski definition) is 0. The molecule has 6 aromatic rings. The lowest BCUT2D eigenvalue weighted by Crippen LogP contribution is -2.26. The number of benzene rings is 3. The minimum Gasteiger partial charge on any atom is -0.496 e. The highest BCUT2D eigenvalue weighted by Gasteiger charge is 2.21. The Morgan fingerprint density at radius 2 is 1.82 bits per heavy atom. The molecule has 0 radical (unpaired) electrons. The minimum absolute atomic E-state index is 0.194. The van der Waals surface area contributed by atoms with E-state index < -0.39 is 10.0 Å². The van der Waals surface area contributed by atoms with Gasteiger partial charge in [0.25, 0.3) is 15.2 Å². The lowest BCUT2D eigenvalue weighted by molar-refractivity contribution is 0.307. The summed E-state index contributed by atoms with van der Waals surface area (Å²) in [5.41, 5.74) is 2.52. The van der Waals surface area contributed by atoms with E-state index >= 15 is 0 Å². The van der Waals surface area contributed by atoms with Crippen molar-refractivity contribution in [3.8, 4) is 28.1 Å². The van der Waals surface area contributed by atoms with Crippen LogP contribution in [0, 0.1) is 0 Å². The summed E-state index contributed by atoms with van der Waals surface area (Å²) in [7, 11) is 0.970. The monoisotopic (exact) mass is 576 g/mol. The van der Waals surface area contributed by atoms with Crippen LogP contribution in [0.25, 0.3) is 27.4 Å². The molecule has 3 heterocycles. The third kappa shape index (κ3) is 4.71. The van der Waals surface area contributed by atoms with E-state index in [1.54, 1.807) is 85.6 Å². The van der Waals surface area contributed by atoms with Crippen LogP contribution in [-0.2, 0) is 16.6 Å². The number of furan rings is 1. The van der Waals surface area contributed by atoms with Gasteiger partial charge in [-0.1, -0.05) is 30.3 Å². The van der Waals surface area contributed by atoms with E-state index in [4.69, 9.17) is 18.6 Å². The highest BCUT2D eigenvalue weighted by Crippen LogP contribution is 2.38. The third-order valence-corrected chi connectivity index (χ3v) is 9.01. The maximum atomic E-state index is 13.1. The molecule has 3 aromatic heterocycles. The molecule has 204 valence electrons. The molecule has 0 aliphatic heterocycles. The van der Waals surface area contributed by atoms with Crippen molar-refractivity contribution in [1.82, 2.24) is 14.6 Å². The molecule has 12 heteroatoms. The molecule has 6 rings (SSSR count). The molecule has 0 N–H and O–H groups in total. The van der Waals surface area contributed by atoms with Crippen molar-refractivity contribution in [3.63, 3.8) is 0 Å². The first kappa shape index (κ1) is 25.7. The van der Waals surface area contributed by atoms with Crippen LogP contribution in [0.2, 0.25) is 0 Å². The fourth-order valence-corrected chi connectivity index (χ4v) is 6.13. The van der Waals surface area contributed by atoms with Gasteiger partial charge in [-0.25, -0.2) is 17.9 Å². The zero-order valence-electron chi connectivity index (χ0n) is 21.8. The van der Waals surface area contributed by atoms with Crippen LogP contribution in [0.3, 0.4) is 0 Å². The first-order chi connectivity index (χ1) is 19.4. The summed E-state index contributed by atoms with van der Waals surface area (Å²) in [6.07, 6.45) is 1.77. The van der Waals surface area contributed by atoms with Gasteiger partial charge >= 0.3 is 0 Å². The smallest absolute Gasteiger partial charge is 0.294 e. The Labute approximate surface area is 234 Å². The molecule has 3 aromatic carbocycles. The molecule has 0 unspecified atom stereocenters. The summed E-state index contributed by atoms with van der Waals surface area (Å²) in [6.45, 7) is 0.194. The zero-order valence-corrected chi connectivity index (χ0v) is 23.4. The summed E-state index contributed by atoms with van der Waals surface area (Å²) >= 11 is 1.33. The van der Waals surface area contributed by atoms with E-state index in [9.17, 15) is 8.42 Å². The molecule has 0 fully saturated rings. The maximum Gasteiger partial charge on any atom is 0.294 e. The fourth-order valence-electron chi connectivity index (χ4n) is 4.22. The molecule has 0 amide bonds. The van der Waals surface area contributed by atoms with Gasteiger partial charge in [-0.15, -0.1) is 5.10 Å². The van der Waals surface area contributed by atoms with Gasteiger partial charge in [0.1, 0.15) is 29.4 Å². The second kappa shape index (κ2) is 10.2. The summed E-state index contributed by atoms with van der Waals surface area (Å²) < 4.78 is 52.0. The van der Waals surface area contributed by atoms with E-state index in [2.05, 4.69) is 10.1 Å². The molecular weight excluding hydrogens is 552 g/mol. The van der Waals surface area contributed by atoms with Crippen LogP contribution in [0.1, 0.15) is 5.56 Å². The Morgan fingerprint density at radius 1 is 1.00 bits per heavy atom. The Balaban J connectivity index is 1.27. The van der Waals surface area contributed by atoms with Crippen molar-refractivity contribution in [1.29, 1.82) is 0 Å². The van der Waals surface area contributed by atoms with Gasteiger partial charge in [-0.2, -0.15) is 0 Å². The average Bonchev–Trinajstić information content (AvgIpc) is 3.69. The molecule has 0 aliphatic carbocycles. The normalized spacial score (nSPS) is 11.7. The average molecular weight is 577 g/mol. The molecular formula is C28H24N4O6S2. The predicted octanol–water partition coefficient (Wildman–Crippen LogP) is 5.63. The lowest BCUT2D eigenvalue weighted by atomic mass is 10.2. The second-order valence-electron chi connectivity index (χ2n) is 8.82. The fraction of sp³-hybridized carbons (Fsp3) is 0.143. The Hall–Kier alpha value is -4.55. The van der Waals surface area contributed by atoms with Crippen LogP contribution >= 0.6 is 11.3 Å². The van der Waals surface area contributed by atoms with Crippen LogP contribution < -0.4 is 18.5 Å². The second-order valence-corrected chi connectivity index (χ2v) is 11.7. The summed E-state index contributed by atoms with van der Waals surface area (Å²) in [5.74, 6) is 1.68. The largest absolute Gasteiger partial charge is 0.496 e. The van der Waals surface area contributed by atoms with Gasteiger partial charge in [0.05, 0.1) is 36.4 Å². The van der Waals surface area contributed by atoms with Crippen molar-refractivity contribution < 1.29 is 27.0 Å². The number of anilines is 1. The van der Waals surface area contributed by atoms with Crippen molar-refractivity contribution in [2.24, 2.45) is 0 Å². The number of nitrogens with zero attached hydrogens (tertiary/aromatic N) is 4. The van der Waals surface area contributed by atoms with Gasteiger partial charge in [0.2, 0.25) is 4.96 Å². The summed E-state index contributed by atoms with van der Waals surface area (Å²) in [5, 5.41) is 5.58. The number of fused-ring (bicyclic) bond motifs is 2. The SMILES string of the molecule is COc1cc(OCc2cccc(N(C)S(=O)(=O)c3ccccc3)c2)c2cc(-c3cn4nc(OC)sc4n3)oc2c1. The van der Waals surface area contributed by atoms with Crippen LogP contribution in [0.15, 0.2) is 88.3 Å². The molecule has 0 spiro atoms. The van der Waals surface area contributed by atoms with Crippen molar-refractivity contribution >= 4 is 43.0 Å². The number of sulfonamides is 1. The van der Waals surface area contributed by atoms with Crippen LogP contribution in [0.4, 0.5) is 5.69 Å². The first-order valence-electron chi connectivity index (χ1n) is 12.1. The number of imidazole rings is 1. The van der Waals surface area contributed by atoms with Crippen molar-refractivity contribution in [3.05, 3.63) is 84.6 Å². The van der Waals surface area contributed by atoms with Gasteiger partial charge < -0.3 is 18.6 Å². The van der Waals surface area contributed by atoms with Crippen LogP contribution in [-0.4, -0.2) is 44.3 Å². The summed E-state index contributed by atoms with van der Waals surface area (Å²) in [4.78, 5) is 5.50. The Bertz CT molecular complexity index is 1900. The number of ether oxygens (including phenoxy) is 3. The van der Waals surface area contributed by atoms with Crippen molar-refractivity contribution in [2.75, 3.05) is 25.6 Å². The highest BCUT2D eigenvalue weighted by molar-refractivity contribution is 7.92. The van der Waals surface area contributed by atoms with Crippen molar-refractivity contribution in [2.45, 2.75) is 11.5 Å². The van der Waals surface area contributed by atoms with Gasteiger partial charge in [0, 0.05) is 19.2 Å². The number of methoxy groups -OCH3 is 2. The zero-order chi connectivity index (χ0) is 27.9. The van der Waals surface area contributed by atoms with Gasteiger partial charge in [0.15, 0.2) is 5.76 Å². The van der Waals surface area contributed by atoms with E-state index in [-0.39, 0.29) is 11.5 Å². The molecule has 0 saturated heterocycles.